The molecular weight excluding hydrogens is 1540 g/mol. The summed E-state index contributed by atoms with van der Waals surface area (Å²) in [5.41, 5.74) is 3.93. The summed E-state index contributed by atoms with van der Waals surface area (Å²) in [6.07, 6.45) is 0. The van der Waals surface area contributed by atoms with E-state index in [2.05, 4.69) is 31.9 Å². The van der Waals surface area contributed by atoms with E-state index in [9.17, 15) is 38.4 Å². The van der Waals surface area contributed by atoms with Crippen LogP contribution in [0.1, 0.15) is 96.7 Å². The topological polar surface area (TPSA) is 258 Å². The minimum atomic E-state index is -0.383. The molecule has 0 fully saturated rings. The van der Waals surface area contributed by atoms with E-state index in [1.165, 1.54) is 33.8 Å². The molecule has 4 aliphatic rings. The first-order valence-corrected chi connectivity index (χ1v) is 37.4. The minimum Gasteiger partial charge on any atom is -0.496 e. The van der Waals surface area contributed by atoms with Gasteiger partial charge in [0.25, 0.3) is 47.3 Å². The molecule has 14 rings (SSSR count). The van der Waals surface area contributed by atoms with E-state index >= 15 is 0 Å². The zero-order chi connectivity index (χ0) is 78.8. The third-order valence-electron chi connectivity index (χ3n) is 18.9. The predicted molar refractivity (Wildman–Crippen MR) is 427 cm³/mol. The standard InChI is InChI=1S/C28H24N2O4.C20H24N2O6.C20H24N2O4.C16H14Br2N2O2/c1-29(2)17-18-30-27(31)21-13-15-23(33-19-9-5-3-6-10-19)26-24(34-20-11-7-4-8-12-20)16-14-22(25(21)26)28(30)32;1-27-15-5-3-13-17-14(4-6-16(28-2)18(15)17)20(26)22(19(13)25)8-7-21(9-11-23)10-12-24;1-5-25-15-9-7-13-17-14(8-10-16(18(15)17)26-6-2)20(24)22(19(13)23)12-11-21(3)4;1-19(2)7-8-20-15(21)9-3-5-11(17)14-12(18)6-4-10(13(9)14)16(20)22/h3-16H,17-18H2,1-2H3;3-6,23-24H,7-12H2,1-2H3;7-10H,5-6,11-12H2,1-4H3;3-6H,7-8H2,1-2H3. The number of rotatable bonds is 26. The zero-order valence-electron chi connectivity index (χ0n) is 62.9. The fraction of sp³-hybridized carbons (Fsp3) is 0.286. The van der Waals surface area contributed by atoms with E-state index in [1.54, 1.807) is 89.8 Å². The van der Waals surface area contributed by atoms with Crippen LogP contribution in [0.5, 0.6) is 46.0 Å². The fourth-order valence-corrected chi connectivity index (χ4v) is 14.9. The molecule has 0 bridgehead atoms. The van der Waals surface area contributed by atoms with E-state index < -0.39 is 0 Å². The van der Waals surface area contributed by atoms with Crippen LogP contribution in [0, 0.1) is 0 Å². The summed E-state index contributed by atoms with van der Waals surface area (Å²) < 4.78 is 36.4. The molecule has 0 unspecified atom stereocenters. The van der Waals surface area contributed by atoms with Crippen LogP contribution in [0.15, 0.2) is 167 Å². The maximum atomic E-state index is 13.4. The highest BCUT2D eigenvalue weighted by atomic mass is 79.9. The molecule has 0 aromatic heterocycles. The van der Waals surface area contributed by atoms with Gasteiger partial charge < -0.3 is 53.3 Å². The van der Waals surface area contributed by atoms with Crippen LogP contribution in [0.2, 0.25) is 0 Å². The number of benzene rings is 10. The van der Waals surface area contributed by atoms with Gasteiger partial charge in [-0.2, -0.15) is 0 Å². The minimum absolute atomic E-state index is 0.0659. The maximum absolute atomic E-state index is 13.4. The molecule has 2 N–H and O–H groups in total. The van der Waals surface area contributed by atoms with Crippen LogP contribution in [0.4, 0.5) is 0 Å². The van der Waals surface area contributed by atoms with Gasteiger partial charge in [-0.05, 0) is 177 Å². The van der Waals surface area contributed by atoms with E-state index in [0.717, 1.165) is 19.7 Å². The summed E-state index contributed by atoms with van der Waals surface area (Å²) in [7, 11) is 14.5. The van der Waals surface area contributed by atoms with Crippen molar-refractivity contribution in [3.63, 3.8) is 0 Å². The van der Waals surface area contributed by atoms with Crippen LogP contribution in [0.25, 0.3) is 43.1 Å². The maximum Gasteiger partial charge on any atom is 0.261 e. The Balaban J connectivity index is 0.000000147. The average molecular weight is 1620 g/mol. The number of hydrogen-bond acceptors (Lipinski definition) is 20. The molecular formula is C84H86Br2N8O16. The summed E-state index contributed by atoms with van der Waals surface area (Å²) in [5.74, 6) is 2.24. The largest absolute Gasteiger partial charge is 0.496 e. The number of aliphatic hydroxyl groups excluding tert-OH is 2. The van der Waals surface area contributed by atoms with Gasteiger partial charge in [0, 0.05) is 146 Å². The van der Waals surface area contributed by atoms with Gasteiger partial charge in [0.1, 0.15) is 46.0 Å². The number of carbonyl (C=O) groups is 8. The molecule has 10 aromatic rings. The van der Waals surface area contributed by atoms with Crippen LogP contribution in [-0.4, -0.2) is 245 Å². The molecule has 4 heterocycles. The number of halogens is 2. The number of hydrogen-bond donors (Lipinski definition) is 2. The summed E-state index contributed by atoms with van der Waals surface area (Å²) in [6.45, 7) is 8.78. The molecule has 8 amide bonds. The number of methoxy groups -OCH3 is 2. The zero-order valence-corrected chi connectivity index (χ0v) is 66.0. The van der Waals surface area contributed by atoms with Crippen molar-refractivity contribution in [3.05, 3.63) is 211 Å². The summed E-state index contributed by atoms with van der Waals surface area (Å²) in [4.78, 5) is 117. The molecule has 0 spiro atoms. The number of amides is 8. The second-order valence-corrected chi connectivity index (χ2v) is 28.4. The average Bonchev–Trinajstić information content (AvgIpc) is 0.752. The van der Waals surface area contributed by atoms with Crippen LogP contribution >= 0.6 is 31.9 Å². The number of para-hydroxylation sites is 2. The molecule has 110 heavy (non-hydrogen) atoms. The van der Waals surface area contributed by atoms with Crippen molar-refractivity contribution < 1.29 is 77.0 Å². The Labute approximate surface area is 653 Å². The van der Waals surface area contributed by atoms with E-state index in [-0.39, 0.29) is 67.0 Å². The van der Waals surface area contributed by atoms with Crippen molar-refractivity contribution in [2.45, 2.75) is 13.8 Å². The number of imide groups is 4. The normalized spacial score (nSPS) is 13.5. The van der Waals surface area contributed by atoms with Gasteiger partial charge in [-0.1, -0.05) is 68.3 Å². The second kappa shape index (κ2) is 35.8. The third kappa shape index (κ3) is 16.6. The Morgan fingerprint density at radius 2 is 0.564 bits per heavy atom. The quantitative estimate of drug-likeness (QED) is 0.0477. The Hall–Kier alpha value is -10.7. The number of nitrogens with zero attached hydrogens (tertiary/aromatic N) is 8. The highest BCUT2D eigenvalue weighted by Crippen LogP contribution is 2.47. The lowest BCUT2D eigenvalue weighted by molar-refractivity contribution is 0.0571. The Morgan fingerprint density at radius 3 is 0.845 bits per heavy atom. The molecule has 10 aromatic carbocycles. The van der Waals surface area contributed by atoms with Crippen molar-refractivity contribution in [3.8, 4) is 46.0 Å². The van der Waals surface area contributed by atoms with Gasteiger partial charge in [0.15, 0.2) is 0 Å². The Morgan fingerprint density at radius 1 is 0.309 bits per heavy atom. The third-order valence-corrected chi connectivity index (χ3v) is 20.2. The molecule has 26 heteroatoms. The van der Waals surface area contributed by atoms with Gasteiger partial charge >= 0.3 is 0 Å². The Bertz CT molecular complexity index is 4920. The lowest BCUT2D eigenvalue weighted by Crippen LogP contribution is -2.45. The van der Waals surface area contributed by atoms with Crippen LogP contribution < -0.4 is 28.4 Å². The summed E-state index contributed by atoms with van der Waals surface area (Å²) in [5, 5.41) is 23.5. The lowest BCUT2D eigenvalue weighted by Gasteiger charge is -2.30. The van der Waals surface area contributed by atoms with Crippen LogP contribution in [-0.2, 0) is 0 Å². The summed E-state index contributed by atoms with van der Waals surface area (Å²) in [6, 6.07) is 46.8. The molecule has 0 aliphatic carbocycles. The number of likely N-dealkylation sites (N-methyl/N-ethyl adjacent to an activating group) is 3. The molecule has 24 nitrogen and oxygen atoms in total. The SMILES string of the molecule is CCOc1ccc2c3c(ccc(OCC)c13)C(=O)N(CCN(C)C)C2=O.CN(C)CCN1C(=O)c2ccc(Br)c3c(Br)ccc(c23)C1=O.CN(C)CCN1C(=O)c2ccc(Oc3ccccc3)c3c(Oc4ccccc4)ccc(c23)C1=O.COc1ccc2c3c(ccc(OC)c13)C(=O)N(CCN(CCO)CCO)C2=O. The van der Waals surface area contributed by atoms with E-state index in [1.807, 2.05) is 144 Å². The molecule has 0 saturated heterocycles. The lowest BCUT2D eigenvalue weighted by atomic mass is 9.92. The monoisotopic (exact) mass is 1620 g/mol. The van der Waals surface area contributed by atoms with Gasteiger partial charge in [-0.3, -0.25) is 62.9 Å². The van der Waals surface area contributed by atoms with Crippen molar-refractivity contribution in [1.29, 1.82) is 0 Å². The Kier molecular flexibility index (Phi) is 26.1. The smallest absolute Gasteiger partial charge is 0.261 e. The van der Waals surface area contributed by atoms with Gasteiger partial charge in [0.2, 0.25) is 0 Å². The number of aliphatic hydroxyl groups is 2. The predicted octanol–water partition coefficient (Wildman–Crippen LogP) is 12.6. The number of carbonyl (C=O) groups excluding carboxylic acids is 8. The second-order valence-electron chi connectivity index (χ2n) is 26.7. The highest BCUT2D eigenvalue weighted by molar-refractivity contribution is 9.11. The molecule has 4 aliphatic heterocycles. The van der Waals surface area contributed by atoms with Crippen molar-refractivity contribution in [1.82, 2.24) is 39.2 Å². The molecule has 0 saturated carbocycles. The molecule has 0 radical (unpaired) electrons. The first-order chi connectivity index (χ1) is 53.0. The van der Waals surface area contributed by atoms with Crippen molar-refractivity contribution in [2.24, 2.45) is 0 Å². The van der Waals surface area contributed by atoms with Crippen LogP contribution in [0.3, 0.4) is 0 Å². The van der Waals surface area contributed by atoms with Crippen molar-refractivity contribution >= 4 is 122 Å². The highest BCUT2D eigenvalue weighted by Gasteiger charge is 2.39. The van der Waals surface area contributed by atoms with E-state index in [4.69, 9.17) is 38.6 Å². The fourth-order valence-electron chi connectivity index (χ4n) is 13.5. The molecule has 0 atom stereocenters. The van der Waals surface area contributed by atoms with Gasteiger partial charge in [0.05, 0.1) is 56.8 Å². The van der Waals surface area contributed by atoms with Gasteiger partial charge in [-0.25, -0.2) is 0 Å². The van der Waals surface area contributed by atoms with Gasteiger partial charge in [-0.15, -0.1) is 0 Å². The van der Waals surface area contributed by atoms with E-state index in [0.29, 0.717) is 195 Å². The summed E-state index contributed by atoms with van der Waals surface area (Å²) >= 11 is 7.00. The first-order valence-electron chi connectivity index (χ1n) is 35.8. The first kappa shape index (κ1) is 80.3. The number of ether oxygens (including phenoxy) is 6. The van der Waals surface area contributed by atoms with Crippen molar-refractivity contribution in [2.75, 3.05) is 148 Å². The molecule has 572 valence electrons.